The molecule has 4 nitrogen and oxygen atoms in total. The second kappa shape index (κ2) is 6.79. The van der Waals surface area contributed by atoms with Crippen molar-refractivity contribution in [1.29, 1.82) is 0 Å². The van der Waals surface area contributed by atoms with Crippen LogP contribution in [0.3, 0.4) is 0 Å². The molecule has 1 heterocycles. The molecule has 1 amide bonds. The van der Waals surface area contributed by atoms with Crippen LogP contribution in [-0.4, -0.2) is 49.2 Å². The van der Waals surface area contributed by atoms with Crippen molar-refractivity contribution in [2.75, 3.05) is 32.8 Å². The van der Waals surface area contributed by atoms with Gasteiger partial charge in [0.15, 0.2) is 0 Å². The van der Waals surface area contributed by atoms with E-state index < -0.39 is 0 Å². The number of hydrogen-bond donors (Lipinski definition) is 2. The molecule has 0 spiro atoms. The van der Waals surface area contributed by atoms with Crippen molar-refractivity contribution in [2.24, 2.45) is 5.92 Å². The maximum absolute atomic E-state index is 9.91. The van der Waals surface area contributed by atoms with Crippen molar-refractivity contribution in [3.05, 3.63) is 0 Å². The minimum Gasteiger partial charge on any atom is -0.395 e. The zero-order chi connectivity index (χ0) is 10.2. The van der Waals surface area contributed by atoms with E-state index in [1.54, 1.807) is 6.41 Å². The summed E-state index contributed by atoms with van der Waals surface area (Å²) < 4.78 is 0. The minimum atomic E-state index is 0.256. The Morgan fingerprint density at radius 2 is 2.14 bits per heavy atom. The highest BCUT2D eigenvalue weighted by Gasteiger charge is 2.17. The lowest BCUT2D eigenvalue weighted by Crippen LogP contribution is -2.36. The van der Waals surface area contributed by atoms with Gasteiger partial charge in [-0.05, 0) is 38.3 Å². The van der Waals surface area contributed by atoms with E-state index in [0.29, 0.717) is 0 Å². The Balaban J connectivity index is 2.06. The standard InChI is InChI=1S/C10H19N2O2/c13-8-7-12-5-2-10(3-6-12)1-4-11-9-14/h10,13H,1-8H2,(H,11,14). The molecule has 0 aromatic rings. The Morgan fingerprint density at radius 1 is 1.43 bits per heavy atom. The van der Waals surface area contributed by atoms with Gasteiger partial charge in [-0.25, -0.2) is 0 Å². The molecule has 1 saturated heterocycles. The summed E-state index contributed by atoms with van der Waals surface area (Å²) in [4.78, 5) is 12.2. The second-order valence-corrected chi connectivity index (χ2v) is 3.83. The average molecular weight is 199 g/mol. The molecule has 2 N–H and O–H groups in total. The number of amides is 1. The summed E-state index contributed by atoms with van der Waals surface area (Å²) in [5.41, 5.74) is 0. The lowest BCUT2D eigenvalue weighted by molar-refractivity contribution is 0.145. The fourth-order valence-corrected chi connectivity index (χ4v) is 1.97. The largest absolute Gasteiger partial charge is 0.395 e. The van der Waals surface area contributed by atoms with Crippen LogP contribution in [-0.2, 0) is 4.79 Å². The third-order valence-electron chi connectivity index (χ3n) is 2.87. The number of hydrogen-bond acceptors (Lipinski definition) is 3. The Hall–Kier alpha value is -0.610. The summed E-state index contributed by atoms with van der Waals surface area (Å²) in [6.07, 6.45) is 5.11. The van der Waals surface area contributed by atoms with Gasteiger partial charge in [-0.3, -0.25) is 4.79 Å². The normalized spacial score (nSPS) is 19.5. The van der Waals surface area contributed by atoms with Gasteiger partial charge in [0.2, 0.25) is 0 Å². The van der Waals surface area contributed by atoms with Crippen LogP contribution < -0.4 is 5.32 Å². The predicted octanol–water partition coefficient (Wildman–Crippen LogP) is -0.262. The first-order valence-electron chi connectivity index (χ1n) is 5.30. The topological polar surface area (TPSA) is 52.6 Å². The molecule has 1 radical (unpaired) electrons. The zero-order valence-corrected chi connectivity index (χ0v) is 8.54. The van der Waals surface area contributed by atoms with Crippen molar-refractivity contribution < 1.29 is 9.90 Å². The lowest BCUT2D eigenvalue weighted by Gasteiger charge is -2.31. The molecule has 1 aliphatic rings. The zero-order valence-electron chi connectivity index (χ0n) is 8.54. The van der Waals surface area contributed by atoms with E-state index in [0.717, 1.165) is 38.5 Å². The monoisotopic (exact) mass is 199 g/mol. The van der Waals surface area contributed by atoms with Gasteiger partial charge < -0.3 is 15.3 Å². The van der Waals surface area contributed by atoms with E-state index in [1.165, 1.54) is 12.8 Å². The third-order valence-corrected chi connectivity index (χ3v) is 2.87. The number of aliphatic hydroxyl groups is 1. The molecule has 1 fully saturated rings. The first-order valence-corrected chi connectivity index (χ1v) is 5.30. The summed E-state index contributed by atoms with van der Waals surface area (Å²) in [5, 5.41) is 11.3. The first kappa shape index (κ1) is 11.5. The number of aliphatic hydroxyl groups excluding tert-OH is 1. The molecule has 81 valence electrons. The molecule has 1 rings (SSSR count). The summed E-state index contributed by atoms with van der Waals surface area (Å²) >= 11 is 0. The Morgan fingerprint density at radius 3 is 2.71 bits per heavy atom. The third kappa shape index (κ3) is 4.07. The SMILES string of the molecule is O=[C]NCCC1CCN(CCO)CC1. The maximum Gasteiger partial charge on any atom is 0.309 e. The summed E-state index contributed by atoms with van der Waals surface area (Å²) in [6.45, 7) is 3.96. The lowest BCUT2D eigenvalue weighted by atomic mass is 9.93. The maximum atomic E-state index is 9.91. The number of carbonyl (C=O) groups excluding carboxylic acids is 1. The highest BCUT2D eigenvalue weighted by molar-refractivity contribution is 5.46. The van der Waals surface area contributed by atoms with Gasteiger partial charge in [0.05, 0.1) is 6.61 Å². The fourth-order valence-electron chi connectivity index (χ4n) is 1.97. The van der Waals surface area contributed by atoms with Crippen LogP contribution in [0, 0.1) is 5.92 Å². The van der Waals surface area contributed by atoms with Gasteiger partial charge in [0, 0.05) is 13.1 Å². The molecule has 0 aromatic heterocycles. The molecule has 1 aliphatic heterocycles. The van der Waals surface area contributed by atoms with Crippen LogP contribution in [0.1, 0.15) is 19.3 Å². The second-order valence-electron chi connectivity index (χ2n) is 3.83. The van der Waals surface area contributed by atoms with Crippen LogP contribution in [0.2, 0.25) is 0 Å². The van der Waals surface area contributed by atoms with Gasteiger partial charge in [-0.15, -0.1) is 0 Å². The van der Waals surface area contributed by atoms with E-state index >= 15 is 0 Å². The minimum absolute atomic E-state index is 0.256. The molecule has 4 heteroatoms. The number of rotatable bonds is 6. The molecule has 0 aromatic carbocycles. The van der Waals surface area contributed by atoms with Crippen LogP contribution >= 0.6 is 0 Å². The molecular formula is C10H19N2O2. The molecule has 0 unspecified atom stereocenters. The van der Waals surface area contributed by atoms with E-state index in [2.05, 4.69) is 10.2 Å². The summed E-state index contributed by atoms with van der Waals surface area (Å²) in [6, 6.07) is 0. The highest BCUT2D eigenvalue weighted by Crippen LogP contribution is 2.19. The first-order chi connectivity index (χ1) is 6.86. The van der Waals surface area contributed by atoms with Crippen LogP contribution in [0.25, 0.3) is 0 Å². The van der Waals surface area contributed by atoms with E-state index in [1.807, 2.05) is 0 Å². The molecule has 0 atom stereocenters. The number of β-amino-alcohol motifs (C(OH)–C–C–N with tert-alkyl or cyclic N) is 1. The van der Waals surface area contributed by atoms with E-state index in [-0.39, 0.29) is 6.61 Å². The number of nitrogens with zero attached hydrogens (tertiary/aromatic N) is 1. The van der Waals surface area contributed by atoms with Gasteiger partial charge in [-0.2, -0.15) is 0 Å². The molecule has 0 bridgehead atoms. The molecule has 0 aliphatic carbocycles. The van der Waals surface area contributed by atoms with Crippen molar-refractivity contribution in [3.63, 3.8) is 0 Å². The van der Waals surface area contributed by atoms with Gasteiger partial charge >= 0.3 is 6.41 Å². The molecule has 14 heavy (non-hydrogen) atoms. The smallest absolute Gasteiger partial charge is 0.309 e. The van der Waals surface area contributed by atoms with Crippen LogP contribution in [0.5, 0.6) is 0 Å². The number of likely N-dealkylation sites (tertiary alicyclic amines) is 1. The van der Waals surface area contributed by atoms with Gasteiger partial charge in [-0.1, -0.05) is 0 Å². The predicted molar refractivity (Wildman–Crippen MR) is 54.6 cm³/mol. The van der Waals surface area contributed by atoms with Crippen LogP contribution in [0.4, 0.5) is 0 Å². The Kier molecular flexibility index (Phi) is 5.56. The Bertz CT molecular complexity index is 156. The van der Waals surface area contributed by atoms with Crippen molar-refractivity contribution in [1.82, 2.24) is 10.2 Å². The average Bonchev–Trinajstić information content (AvgIpc) is 2.21. The van der Waals surface area contributed by atoms with Gasteiger partial charge in [0.25, 0.3) is 0 Å². The summed E-state index contributed by atoms with van der Waals surface area (Å²) in [5.74, 6) is 0.728. The fraction of sp³-hybridized carbons (Fsp3) is 0.900. The van der Waals surface area contributed by atoms with Crippen molar-refractivity contribution in [3.8, 4) is 0 Å². The van der Waals surface area contributed by atoms with Crippen molar-refractivity contribution >= 4 is 6.41 Å². The van der Waals surface area contributed by atoms with E-state index in [4.69, 9.17) is 5.11 Å². The molecular weight excluding hydrogens is 180 g/mol. The Labute approximate surface area is 85.3 Å². The van der Waals surface area contributed by atoms with Crippen molar-refractivity contribution in [2.45, 2.75) is 19.3 Å². The highest BCUT2D eigenvalue weighted by atomic mass is 16.3. The van der Waals surface area contributed by atoms with Crippen LogP contribution in [0.15, 0.2) is 0 Å². The van der Waals surface area contributed by atoms with Gasteiger partial charge in [0.1, 0.15) is 0 Å². The summed E-state index contributed by atoms with van der Waals surface area (Å²) in [7, 11) is 0. The quantitative estimate of drug-likeness (QED) is 0.457. The molecule has 0 saturated carbocycles. The number of nitrogens with one attached hydrogen (secondary N) is 1. The number of piperidine rings is 1. The van der Waals surface area contributed by atoms with E-state index in [9.17, 15) is 4.79 Å².